The third-order valence-corrected chi connectivity index (χ3v) is 3.33. The molecule has 0 spiro atoms. The zero-order chi connectivity index (χ0) is 9.47. The molecule has 0 fully saturated rings. The second-order valence-corrected chi connectivity index (χ2v) is 4.24. The Kier molecular flexibility index (Phi) is 1.66. The number of nitrogens with zero attached hydrogens (tertiary/aromatic N) is 2. The minimum atomic E-state index is -3.38. The summed E-state index contributed by atoms with van der Waals surface area (Å²) < 4.78 is 26.5. The number of pyridine rings is 1. The highest BCUT2D eigenvalue weighted by Gasteiger charge is 2.31. The topological polar surface area (TPSA) is 62.3 Å². The van der Waals surface area contributed by atoms with Crippen LogP contribution >= 0.6 is 0 Å². The first-order valence-electron chi connectivity index (χ1n) is 3.90. The van der Waals surface area contributed by atoms with E-state index >= 15 is 0 Å². The quantitative estimate of drug-likeness (QED) is 0.719. The van der Waals surface area contributed by atoms with Gasteiger partial charge in [0.15, 0.2) is 5.82 Å². The van der Waals surface area contributed by atoms with Crippen LogP contribution in [0.4, 0.5) is 11.5 Å². The molecule has 70 valence electrons. The lowest BCUT2D eigenvalue weighted by atomic mass is 10.4. The van der Waals surface area contributed by atoms with E-state index in [1.54, 1.807) is 25.3 Å². The third kappa shape index (κ3) is 1.14. The zero-order valence-corrected chi connectivity index (χ0v) is 7.87. The van der Waals surface area contributed by atoms with E-state index < -0.39 is 10.2 Å². The number of rotatable bonds is 1. The molecule has 0 amide bonds. The molecule has 0 atom stereocenters. The van der Waals surface area contributed by atoms with E-state index in [0.717, 1.165) is 0 Å². The highest BCUT2D eigenvalue weighted by atomic mass is 32.2. The first-order chi connectivity index (χ1) is 6.15. The SMILES string of the molecule is CCN1c2ncccc2NS1(=O)=O. The Hall–Kier alpha value is -1.30. The first kappa shape index (κ1) is 8.31. The van der Waals surface area contributed by atoms with Gasteiger partial charge < -0.3 is 0 Å². The normalized spacial score (nSPS) is 18.1. The van der Waals surface area contributed by atoms with Crippen LogP contribution in [0.5, 0.6) is 0 Å². The summed E-state index contributed by atoms with van der Waals surface area (Å²) in [6.45, 7) is 2.16. The van der Waals surface area contributed by atoms with Crippen LogP contribution in [-0.4, -0.2) is 19.9 Å². The van der Waals surface area contributed by atoms with Crippen LogP contribution in [0.2, 0.25) is 0 Å². The smallest absolute Gasteiger partial charge is 0.263 e. The molecule has 0 unspecified atom stereocenters. The third-order valence-electron chi connectivity index (χ3n) is 1.84. The second-order valence-electron chi connectivity index (χ2n) is 2.65. The van der Waals surface area contributed by atoms with Crippen LogP contribution in [-0.2, 0) is 10.2 Å². The molecule has 6 heteroatoms. The monoisotopic (exact) mass is 199 g/mol. The molecule has 0 aromatic carbocycles. The molecular formula is C7H9N3O2S. The van der Waals surface area contributed by atoms with E-state index in [1.807, 2.05) is 0 Å². The number of nitrogens with one attached hydrogen (secondary N) is 1. The highest BCUT2D eigenvalue weighted by Crippen LogP contribution is 2.32. The number of fused-ring (bicyclic) bond motifs is 1. The van der Waals surface area contributed by atoms with E-state index in [1.165, 1.54) is 4.31 Å². The summed E-state index contributed by atoms with van der Waals surface area (Å²) in [6, 6.07) is 3.38. The van der Waals surface area contributed by atoms with Gasteiger partial charge in [0, 0.05) is 12.7 Å². The van der Waals surface area contributed by atoms with Gasteiger partial charge in [-0.25, -0.2) is 9.29 Å². The number of hydrogen-bond donors (Lipinski definition) is 1. The van der Waals surface area contributed by atoms with Gasteiger partial charge in [-0.2, -0.15) is 8.42 Å². The lowest BCUT2D eigenvalue weighted by Crippen LogP contribution is -2.29. The molecule has 13 heavy (non-hydrogen) atoms. The van der Waals surface area contributed by atoms with E-state index in [9.17, 15) is 8.42 Å². The van der Waals surface area contributed by atoms with Crippen molar-refractivity contribution in [3.8, 4) is 0 Å². The van der Waals surface area contributed by atoms with Gasteiger partial charge in [0.2, 0.25) is 0 Å². The summed E-state index contributed by atoms with van der Waals surface area (Å²) in [6.07, 6.45) is 1.57. The zero-order valence-electron chi connectivity index (χ0n) is 7.06. The Morgan fingerprint density at radius 1 is 1.62 bits per heavy atom. The fourth-order valence-electron chi connectivity index (χ4n) is 1.30. The van der Waals surface area contributed by atoms with Crippen molar-refractivity contribution in [2.24, 2.45) is 0 Å². The van der Waals surface area contributed by atoms with Crippen LogP contribution < -0.4 is 9.03 Å². The summed E-state index contributed by atoms with van der Waals surface area (Å²) in [5.74, 6) is 0.477. The maximum atomic E-state index is 11.4. The fraction of sp³-hybridized carbons (Fsp3) is 0.286. The van der Waals surface area contributed by atoms with Gasteiger partial charge in [0.1, 0.15) is 0 Å². The van der Waals surface area contributed by atoms with Crippen molar-refractivity contribution in [1.29, 1.82) is 0 Å². The molecule has 0 saturated heterocycles. The Balaban J connectivity index is 2.59. The molecule has 1 aliphatic rings. The number of hydrogen-bond acceptors (Lipinski definition) is 3. The molecule has 0 bridgehead atoms. The van der Waals surface area contributed by atoms with Crippen molar-refractivity contribution in [1.82, 2.24) is 4.98 Å². The van der Waals surface area contributed by atoms with Crippen LogP contribution in [0.3, 0.4) is 0 Å². The van der Waals surface area contributed by atoms with Gasteiger partial charge in [-0.05, 0) is 19.1 Å². The minimum Gasteiger partial charge on any atom is -0.263 e. The lowest BCUT2D eigenvalue weighted by Gasteiger charge is -2.11. The molecule has 5 nitrogen and oxygen atoms in total. The second kappa shape index (κ2) is 2.59. The molecule has 1 aromatic rings. The Labute approximate surface area is 76.6 Å². The van der Waals surface area contributed by atoms with Gasteiger partial charge >= 0.3 is 10.2 Å². The van der Waals surface area contributed by atoms with Gasteiger partial charge in [-0.1, -0.05) is 0 Å². The van der Waals surface area contributed by atoms with Crippen molar-refractivity contribution >= 4 is 21.7 Å². The summed E-state index contributed by atoms with van der Waals surface area (Å²) >= 11 is 0. The molecule has 0 radical (unpaired) electrons. The van der Waals surface area contributed by atoms with E-state index in [4.69, 9.17) is 0 Å². The van der Waals surface area contributed by atoms with Gasteiger partial charge in [0.05, 0.1) is 5.69 Å². The molecule has 1 aromatic heterocycles. The van der Waals surface area contributed by atoms with E-state index in [2.05, 4.69) is 9.71 Å². The average molecular weight is 199 g/mol. The summed E-state index contributed by atoms with van der Waals surface area (Å²) in [5.41, 5.74) is 0.546. The minimum absolute atomic E-state index is 0.388. The van der Waals surface area contributed by atoms with Crippen LogP contribution in [0, 0.1) is 0 Å². The predicted molar refractivity (Wildman–Crippen MR) is 49.8 cm³/mol. The summed E-state index contributed by atoms with van der Waals surface area (Å²) in [7, 11) is -3.38. The molecule has 1 N–H and O–H groups in total. The maximum absolute atomic E-state index is 11.4. The van der Waals surface area contributed by atoms with Crippen molar-refractivity contribution in [2.75, 3.05) is 15.6 Å². The van der Waals surface area contributed by atoms with Crippen molar-refractivity contribution < 1.29 is 8.42 Å². The largest absolute Gasteiger partial charge is 0.325 e. The molecule has 2 heterocycles. The fourth-order valence-corrected chi connectivity index (χ4v) is 2.56. The molecular weight excluding hydrogens is 190 g/mol. The Morgan fingerprint density at radius 3 is 3.08 bits per heavy atom. The van der Waals surface area contributed by atoms with Crippen LogP contribution in [0.1, 0.15) is 6.92 Å². The highest BCUT2D eigenvalue weighted by molar-refractivity contribution is 7.94. The van der Waals surface area contributed by atoms with E-state index in [-0.39, 0.29) is 0 Å². The van der Waals surface area contributed by atoms with Crippen LogP contribution in [0.15, 0.2) is 18.3 Å². The number of anilines is 2. The van der Waals surface area contributed by atoms with Crippen molar-refractivity contribution in [2.45, 2.75) is 6.92 Å². The summed E-state index contributed by atoms with van der Waals surface area (Å²) in [5, 5.41) is 0. The molecule has 0 aliphatic carbocycles. The van der Waals surface area contributed by atoms with Gasteiger partial charge in [-0.3, -0.25) is 4.72 Å². The lowest BCUT2D eigenvalue weighted by molar-refractivity contribution is 0.599. The molecule has 1 aliphatic heterocycles. The predicted octanol–water partition coefficient (Wildman–Crippen LogP) is 0.578. The molecule has 2 rings (SSSR count). The van der Waals surface area contributed by atoms with Gasteiger partial charge in [-0.15, -0.1) is 0 Å². The van der Waals surface area contributed by atoms with Gasteiger partial charge in [0.25, 0.3) is 0 Å². The van der Waals surface area contributed by atoms with Crippen molar-refractivity contribution in [3.63, 3.8) is 0 Å². The molecule has 0 saturated carbocycles. The average Bonchev–Trinajstić information content (AvgIpc) is 2.33. The Bertz CT molecular complexity index is 429. The van der Waals surface area contributed by atoms with Crippen molar-refractivity contribution in [3.05, 3.63) is 18.3 Å². The number of aromatic nitrogens is 1. The maximum Gasteiger partial charge on any atom is 0.325 e. The summed E-state index contributed by atoms with van der Waals surface area (Å²) in [4.78, 5) is 3.99. The van der Waals surface area contributed by atoms with E-state index in [0.29, 0.717) is 18.1 Å². The van der Waals surface area contributed by atoms with Crippen LogP contribution in [0.25, 0.3) is 0 Å². The first-order valence-corrected chi connectivity index (χ1v) is 5.34. The standard InChI is InChI=1S/C7H9N3O2S/c1-2-10-7-6(4-3-5-8-7)9-13(10,11)12/h3-5,9H,2H2,1H3. The Morgan fingerprint density at radius 2 is 2.38 bits per heavy atom.